The first-order valence-electron chi connectivity index (χ1n) is 9.39. The zero-order valence-electron chi connectivity index (χ0n) is 16.9. The van der Waals surface area contributed by atoms with Gasteiger partial charge in [-0.25, -0.2) is 4.98 Å². The van der Waals surface area contributed by atoms with Crippen molar-refractivity contribution in [3.05, 3.63) is 45.8 Å². The predicted molar refractivity (Wildman–Crippen MR) is 110 cm³/mol. The van der Waals surface area contributed by atoms with Crippen molar-refractivity contribution in [2.75, 3.05) is 7.11 Å². The molecule has 0 aliphatic heterocycles. The quantitative estimate of drug-likeness (QED) is 0.485. The maximum Gasteiger partial charge on any atom is 0.278 e. The molecule has 0 saturated carbocycles. The van der Waals surface area contributed by atoms with Crippen LogP contribution in [0, 0.1) is 0 Å². The van der Waals surface area contributed by atoms with Crippen molar-refractivity contribution >= 4 is 28.2 Å². The number of aromatic nitrogens is 5. The summed E-state index contributed by atoms with van der Waals surface area (Å²) in [7, 11) is 1.57. The number of methoxy groups -OCH3 is 1. The van der Waals surface area contributed by atoms with E-state index in [2.05, 4.69) is 15.1 Å². The molecule has 1 atom stereocenters. The third-order valence-electron chi connectivity index (χ3n) is 5.35. The standard InChI is InChI=1S/C20H22ClN5O3/c1-6-11(2)26-15-12(21)8-7-9-13(15)25-10-22-14(16(25)18(26)27)17-23-19(29-24-17)20(3,4)28-5/h7-11H,6H2,1-5H3. The Morgan fingerprint density at radius 3 is 2.76 bits per heavy atom. The number of nitrogens with zero attached hydrogens (tertiary/aromatic N) is 5. The van der Waals surface area contributed by atoms with Crippen LogP contribution in [0.4, 0.5) is 0 Å². The van der Waals surface area contributed by atoms with E-state index < -0.39 is 5.60 Å². The molecule has 3 heterocycles. The molecule has 1 aromatic carbocycles. The van der Waals surface area contributed by atoms with Crippen molar-refractivity contribution in [3.8, 4) is 11.5 Å². The average Bonchev–Trinajstić information content (AvgIpc) is 3.36. The van der Waals surface area contributed by atoms with Gasteiger partial charge in [-0.3, -0.25) is 9.20 Å². The van der Waals surface area contributed by atoms with Gasteiger partial charge in [0.1, 0.15) is 23.1 Å². The van der Waals surface area contributed by atoms with Crippen LogP contribution < -0.4 is 5.56 Å². The van der Waals surface area contributed by atoms with E-state index in [1.807, 2.05) is 39.8 Å². The summed E-state index contributed by atoms with van der Waals surface area (Å²) in [6.45, 7) is 7.66. The summed E-state index contributed by atoms with van der Waals surface area (Å²) in [5.74, 6) is 0.545. The highest BCUT2D eigenvalue weighted by Crippen LogP contribution is 2.30. The van der Waals surface area contributed by atoms with Crippen LogP contribution in [0.3, 0.4) is 0 Å². The number of hydrogen-bond donors (Lipinski definition) is 0. The normalized spacial score (nSPS) is 13.4. The van der Waals surface area contributed by atoms with Crippen LogP contribution in [-0.4, -0.2) is 31.2 Å². The topological polar surface area (TPSA) is 87.5 Å². The van der Waals surface area contributed by atoms with E-state index in [0.717, 1.165) is 11.9 Å². The van der Waals surface area contributed by atoms with Crippen LogP contribution in [0.15, 0.2) is 33.8 Å². The van der Waals surface area contributed by atoms with Gasteiger partial charge in [0, 0.05) is 13.2 Å². The third-order valence-corrected chi connectivity index (χ3v) is 5.65. The van der Waals surface area contributed by atoms with Crippen molar-refractivity contribution in [2.24, 2.45) is 0 Å². The average molecular weight is 416 g/mol. The molecular formula is C20H22ClN5O3. The zero-order chi connectivity index (χ0) is 20.9. The Labute approximate surface area is 172 Å². The predicted octanol–water partition coefficient (Wildman–Crippen LogP) is 4.21. The van der Waals surface area contributed by atoms with Crippen LogP contribution in [0.25, 0.3) is 28.1 Å². The number of fused-ring (bicyclic) bond motifs is 3. The molecule has 0 aliphatic rings. The summed E-state index contributed by atoms with van der Waals surface area (Å²) in [6, 6.07) is 5.49. The summed E-state index contributed by atoms with van der Waals surface area (Å²) in [6.07, 6.45) is 2.36. The van der Waals surface area contributed by atoms with Gasteiger partial charge in [-0.2, -0.15) is 4.98 Å². The smallest absolute Gasteiger partial charge is 0.278 e. The first-order chi connectivity index (χ1) is 13.8. The van der Waals surface area contributed by atoms with Gasteiger partial charge < -0.3 is 13.8 Å². The number of benzene rings is 1. The van der Waals surface area contributed by atoms with Gasteiger partial charge in [0.2, 0.25) is 5.82 Å². The Bertz CT molecular complexity index is 1270. The highest BCUT2D eigenvalue weighted by molar-refractivity contribution is 6.35. The lowest BCUT2D eigenvalue weighted by atomic mass is 10.1. The van der Waals surface area contributed by atoms with Crippen LogP contribution in [-0.2, 0) is 10.3 Å². The fourth-order valence-corrected chi connectivity index (χ4v) is 3.57. The molecule has 0 bridgehead atoms. The Morgan fingerprint density at radius 1 is 1.31 bits per heavy atom. The molecule has 0 radical (unpaired) electrons. The number of hydrogen-bond acceptors (Lipinski definition) is 6. The Kier molecular flexibility index (Phi) is 4.71. The maximum atomic E-state index is 13.5. The second kappa shape index (κ2) is 6.96. The van der Waals surface area contributed by atoms with Crippen molar-refractivity contribution in [1.29, 1.82) is 0 Å². The monoisotopic (exact) mass is 415 g/mol. The first-order valence-corrected chi connectivity index (χ1v) is 9.77. The summed E-state index contributed by atoms with van der Waals surface area (Å²) < 4.78 is 14.2. The van der Waals surface area contributed by atoms with Gasteiger partial charge in [-0.1, -0.05) is 29.7 Å². The van der Waals surface area contributed by atoms with E-state index in [1.165, 1.54) is 0 Å². The van der Waals surface area contributed by atoms with Gasteiger partial charge in [-0.15, -0.1) is 0 Å². The van der Waals surface area contributed by atoms with Gasteiger partial charge >= 0.3 is 0 Å². The van der Waals surface area contributed by atoms with Crippen molar-refractivity contribution < 1.29 is 9.26 Å². The molecule has 0 N–H and O–H groups in total. The van der Waals surface area contributed by atoms with Gasteiger partial charge in [-0.05, 0) is 39.3 Å². The lowest BCUT2D eigenvalue weighted by Gasteiger charge is -2.18. The summed E-state index contributed by atoms with van der Waals surface area (Å²) in [4.78, 5) is 22.4. The van der Waals surface area contributed by atoms with E-state index in [9.17, 15) is 4.79 Å². The summed E-state index contributed by atoms with van der Waals surface area (Å²) >= 11 is 6.48. The zero-order valence-corrected chi connectivity index (χ0v) is 17.7. The molecule has 29 heavy (non-hydrogen) atoms. The molecule has 0 fully saturated rings. The largest absolute Gasteiger partial charge is 0.369 e. The van der Waals surface area contributed by atoms with Crippen molar-refractivity contribution in [3.63, 3.8) is 0 Å². The molecule has 8 nitrogen and oxygen atoms in total. The number of imidazole rings is 1. The lowest BCUT2D eigenvalue weighted by Crippen LogP contribution is -2.26. The number of para-hydroxylation sites is 1. The molecule has 0 spiro atoms. The van der Waals surface area contributed by atoms with Crippen LogP contribution in [0.5, 0.6) is 0 Å². The minimum atomic E-state index is -0.752. The Balaban J connectivity index is 2.06. The lowest BCUT2D eigenvalue weighted by molar-refractivity contribution is -0.00786. The van der Waals surface area contributed by atoms with E-state index in [4.69, 9.17) is 20.9 Å². The molecular weight excluding hydrogens is 394 g/mol. The van der Waals surface area contributed by atoms with Crippen molar-refractivity contribution in [2.45, 2.75) is 45.8 Å². The molecule has 4 aromatic rings. The van der Waals surface area contributed by atoms with Crippen LogP contribution >= 0.6 is 11.6 Å². The van der Waals surface area contributed by atoms with Crippen molar-refractivity contribution in [1.82, 2.24) is 24.1 Å². The Morgan fingerprint density at radius 2 is 2.07 bits per heavy atom. The maximum absolute atomic E-state index is 13.5. The fourth-order valence-electron chi connectivity index (χ4n) is 3.31. The van der Waals surface area contributed by atoms with E-state index in [0.29, 0.717) is 27.6 Å². The minimum Gasteiger partial charge on any atom is -0.369 e. The molecule has 3 aromatic heterocycles. The fraction of sp³-hybridized carbons (Fsp3) is 0.400. The van der Waals surface area contributed by atoms with Gasteiger partial charge in [0.15, 0.2) is 0 Å². The van der Waals surface area contributed by atoms with Crippen LogP contribution in [0.2, 0.25) is 5.02 Å². The van der Waals surface area contributed by atoms with Gasteiger partial charge in [0.05, 0.1) is 16.1 Å². The molecule has 0 amide bonds. The van der Waals surface area contributed by atoms with E-state index >= 15 is 0 Å². The third kappa shape index (κ3) is 2.94. The molecule has 0 aliphatic carbocycles. The molecule has 1 unspecified atom stereocenters. The SMILES string of the molecule is CCC(C)n1c(=O)c2c(-c3noc(C(C)(C)OC)n3)ncn2c2cccc(Cl)c21. The van der Waals surface area contributed by atoms with E-state index in [1.54, 1.807) is 28.5 Å². The second-order valence-corrected chi connectivity index (χ2v) is 7.90. The van der Waals surface area contributed by atoms with E-state index in [-0.39, 0.29) is 17.4 Å². The highest BCUT2D eigenvalue weighted by atomic mass is 35.5. The molecule has 4 rings (SSSR count). The van der Waals surface area contributed by atoms with Gasteiger partial charge in [0.25, 0.3) is 11.4 Å². The molecule has 9 heteroatoms. The number of halogens is 1. The minimum absolute atomic E-state index is 0.0501. The van der Waals surface area contributed by atoms with Crippen LogP contribution in [0.1, 0.15) is 46.0 Å². The first kappa shape index (κ1) is 19.6. The highest BCUT2D eigenvalue weighted by Gasteiger charge is 2.29. The number of rotatable bonds is 5. The molecule has 0 saturated heterocycles. The Hall–Kier alpha value is -2.71. The second-order valence-electron chi connectivity index (χ2n) is 7.49. The summed E-state index contributed by atoms with van der Waals surface area (Å²) in [5, 5.41) is 4.55. The summed E-state index contributed by atoms with van der Waals surface area (Å²) in [5.41, 5.74) is 1.24. The molecule has 152 valence electrons. The number of ether oxygens (including phenoxy) is 1.